The highest BCUT2D eigenvalue weighted by Gasteiger charge is 2.42. The number of carbonyl (C=O) groups is 3. The molecule has 0 bridgehead atoms. The lowest BCUT2D eigenvalue weighted by Gasteiger charge is -2.27. The summed E-state index contributed by atoms with van der Waals surface area (Å²) < 4.78 is 19.0. The number of rotatable bonds is 8. The van der Waals surface area contributed by atoms with E-state index in [1.807, 2.05) is 6.26 Å². The molecule has 1 heterocycles. The van der Waals surface area contributed by atoms with Crippen LogP contribution < -0.4 is 10.1 Å². The first-order valence-corrected chi connectivity index (χ1v) is 10.9. The van der Waals surface area contributed by atoms with E-state index in [-0.39, 0.29) is 5.75 Å². The summed E-state index contributed by atoms with van der Waals surface area (Å²) in [6, 6.07) is 9.51. The van der Waals surface area contributed by atoms with Gasteiger partial charge in [0.1, 0.15) is 6.04 Å². The minimum Gasteiger partial charge on any atom is -0.494 e. The molecular weight excluding hydrogens is 407 g/mol. The number of amides is 3. The second-order valence-electron chi connectivity index (χ2n) is 6.95. The molecule has 0 radical (unpaired) electrons. The van der Waals surface area contributed by atoms with Crippen molar-refractivity contribution in [2.75, 3.05) is 19.1 Å². The van der Waals surface area contributed by atoms with E-state index in [1.54, 1.807) is 37.3 Å². The van der Waals surface area contributed by atoms with Gasteiger partial charge in [-0.3, -0.25) is 19.3 Å². The van der Waals surface area contributed by atoms with Crippen molar-refractivity contribution < 1.29 is 23.5 Å². The first kappa shape index (κ1) is 21.8. The number of imide groups is 1. The zero-order chi connectivity index (χ0) is 21.8. The number of hydrogen-bond donors (Lipinski definition) is 1. The highest BCUT2D eigenvalue weighted by molar-refractivity contribution is 7.98. The van der Waals surface area contributed by atoms with Crippen LogP contribution in [0.4, 0.5) is 4.39 Å². The van der Waals surface area contributed by atoms with Gasteiger partial charge >= 0.3 is 0 Å². The maximum absolute atomic E-state index is 14.0. The third-order valence-corrected chi connectivity index (χ3v) is 5.71. The van der Waals surface area contributed by atoms with Crippen LogP contribution in [0.2, 0.25) is 0 Å². The lowest BCUT2D eigenvalue weighted by molar-refractivity contribution is -0.125. The van der Waals surface area contributed by atoms with Crippen molar-refractivity contribution in [2.45, 2.75) is 25.4 Å². The van der Waals surface area contributed by atoms with Gasteiger partial charge in [0.25, 0.3) is 11.8 Å². The van der Waals surface area contributed by atoms with Crippen LogP contribution in [-0.2, 0) is 4.79 Å². The smallest absolute Gasteiger partial charge is 0.262 e. The summed E-state index contributed by atoms with van der Waals surface area (Å²) in [6.45, 7) is 1.72. The van der Waals surface area contributed by atoms with Gasteiger partial charge in [0.05, 0.1) is 24.3 Å². The van der Waals surface area contributed by atoms with E-state index >= 15 is 0 Å². The van der Waals surface area contributed by atoms with Gasteiger partial charge in [-0.25, -0.2) is 4.39 Å². The predicted molar refractivity (Wildman–Crippen MR) is 113 cm³/mol. The van der Waals surface area contributed by atoms with Gasteiger partial charge < -0.3 is 10.1 Å². The fourth-order valence-corrected chi connectivity index (χ4v) is 3.90. The van der Waals surface area contributed by atoms with Crippen molar-refractivity contribution in [2.24, 2.45) is 0 Å². The van der Waals surface area contributed by atoms with Crippen LogP contribution >= 0.6 is 11.8 Å². The standard InChI is InChI=1S/C22H23FN2O4S/c1-13(14-8-9-19(29-2)17(23)12-14)24-20(26)18(10-11-30-3)25-21(27)15-6-4-5-7-16(15)22(25)28/h4-9,12-13,18H,10-11H2,1-3H3,(H,24,26)/t13-,18-/m0/s1. The minimum absolute atomic E-state index is 0.112. The number of nitrogens with zero attached hydrogens (tertiary/aromatic N) is 1. The van der Waals surface area contributed by atoms with Crippen molar-refractivity contribution in [1.82, 2.24) is 10.2 Å². The number of nitrogens with one attached hydrogen (secondary N) is 1. The number of methoxy groups -OCH3 is 1. The van der Waals surface area contributed by atoms with Crippen LogP contribution in [0.15, 0.2) is 42.5 Å². The zero-order valence-electron chi connectivity index (χ0n) is 17.0. The summed E-state index contributed by atoms with van der Waals surface area (Å²) in [5.41, 5.74) is 1.15. The molecule has 8 heteroatoms. The summed E-state index contributed by atoms with van der Waals surface area (Å²) >= 11 is 1.52. The number of fused-ring (bicyclic) bond motifs is 1. The molecule has 30 heavy (non-hydrogen) atoms. The van der Waals surface area contributed by atoms with Crippen LogP contribution in [0.1, 0.15) is 45.7 Å². The third kappa shape index (κ3) is 4.18. The molecule has 2 atom stereocenters. The summed E-state index contributed by atoms with van der Waals surface area (Å²) in [5.74, 6) is -1.23. The maximum Gasteiger partial charge on any atom is 0.262 e. The Hall–Kier alpha value is -2.87. The summed E-state index contributed by atoms with van der Waals surface area (Å²) in [7, 11) is 1.38. The molecule has 0 fully saturated rings. The molecule has 1 aliphatic rings. The molecule has 1 N–H and O–H groups in total. The molecule has 158 valence electrons. The van der Waals surface area contributed by atoms with E-state index in [4.69, 9.17) is 4.74 Å². The molecule has 0 aliphatic carbocycles. The highest BCUT2D eigenvalue weighted by Crippen LogP contribution is 2.27. The largest absolute Gasteiger partial charge is 0.494 e. The van der Waals surface area contributed by atoms with E-state index in [9.17, 15) is 18.8 Å². The Kier molecular flexibility index (Phi) is 6.77. The van der Waals surface area contributed by atoms with Gasteiger partial charge in [0, 0.05) is 0 Å². The second-order valence-corrected chi connectivity index (χ2v) is 7.93. The number of ether oxygens (including phenoxy) is 1. The molecule has 1 aliphatic heterocycles. The van der Waals surface area contributed by atoms with E-state index in [2.05, 4.69) is 5.32 Å². The average molecular weight is 431 g/mol. The van der Waals surface area contributed by atoms with Gasteiger partial charge in [0.15, 0.2) is 11.6 Å². The molecule has 0 aromatic heterocycles. The molecule has 2 aromatic rings. The lowest BCUT2D eigenvalue weighted by Crippen LogP contribution is -2.50. The Bertz CT molecular complexity index is 946. The van der Waals surface area contributed by atoms with E-state index in [0.29, 0.717) is 28.9 Å². The number of hydrogen-bond acceptors (Lipinski definition) is 5. The predicted octanol–water partition coefficient (Wildman–Crippen LogP) is 3.43. The fourth-order valence-electron chi connectivity index (χ4n) is 3.44. The van der Waals surface area contributed by atoms with Gasteiger partial charge in [-0.2, -0.15) is 11.8 Å². The van der Waals surface area contributed by atoms with Crippen molar-refractivity contribution in [3.05, 3.63) is 65.0 Å². The molecule has 2 aromatic carbocycles. The first-order valence-electron chi connectivity index (χ1n) is 9.48. The van der Waals surface area contributed by atoms with Gasteiger partial charge in [0.2, 0.25) is 5.91 Å². The Morgan fingerprint density at radius 2 is 1.80 bits per heavy atom. The maximum atomic E-state index is 14.0. The average Bonchev–Trinajstić information content (AvgIpc) is 2.99. The summed E-state index contributed by atoms with van der Waals surface area (Å²) in [6.07, 6.45) is 2.21. The third-order valence-electron chi connectivity index (χ3n) is 5.07. The molecule has 0 spiro atoms. The van der Waals surface area contributed by atoms with E-state index in [1.165, 1.54) is 31.0 Å². The monoisotopic (exact) mass is 430 g/mol. The Morgan fingerprint density at radius 1 is 1.17 bits per heavy atom. The summed E-state index contributed by atoms with van der Waals surface area (Å²) in [5, 5.41) is 2.81. The Labute approximate surface area is 178 Å². The Morgan fingerprint density at radius 3 is 2.33 bits per heavy atom. The highest BCUT2D eigenvalue weighted by atomic mass is 32.2. The molecule has 6 nitrogen and oxygen atoms in total. The molecule has 0 saturated heterocycles. The number of carbonyl (C=O) groups excluding carboxylic acids is 3. The normalized spacial score (nSPS) is 15.0. The second kappa shape index (κ2) is 9.30. The van der Waals surface area contributed by atoms with Crippen molar-refractivity contribution >= 4 is 29.5 Å². The van der Waals surface area contributed by atoms with Gasteiger partial charge in [-0.1, -0.05) is 18.2 Å². The molecular formula is C22H23FN2O4S. The van der Waals surface area contributed by atoms with Crippen LogP contribution in [0.5, 0.6) is 5.75 Å². The van der Waals surface area contributed by atoms with E-state index in [0.717, 1.165) is 4.90 Å². The minimum atomic E-state index is -0.949. The van der Waals surface area contributed by atoms with Crippen LogP contribution in [0.25, 0.3) is 0 Å². The topological polar surface area (TPSA) is 75.7 Å². The lowest BCUT2D eigenvalue weighted by atomic mass is 10.1. The van der Waals surface area contributed by atoms with Crippen molar-refractivity contribution in [1.29, 1.82) is 0 Å². The number of benzene rings is 2. The number of halogens is 1. The van der Waals surface area contributed by atoms with Crippen molar-refractivity contribution in [3.63, 3.8) is 0 Å². The zero-order valence-corrected chi connectivity index (χ0v) is 17.8. The van der Waals surface area contributed by atoms with Crippen LogP contribution in [0.3, 0.4) is 0 Å². The van der Waals surface area contributed by atoms with Crippen LogP contribution in [0, 0.1) is 5.82 Å². The first-order chi connectivity index (χ1) is 14.4. The molecule has 0 saturated carbocycles. The molecule has 3 rings (SSSR count). The van der Waals surface area contributed by atoms with Crippen LogP contribution in [-0.4, -0.2) is 47.8 Å². The van der Waals surface area contributed by atoms with E-state index < -0.39 is 35.6 Å². The quantitative estimate of drug-likeness (QED) is 0.650. The Balaban J connectivity index is 1.82. The van der Waals surface area contributed by atoms with Crippen molar-refractivity contribution in [3.8, 4) is 5.75 Å². The fraction of sp³-hybridized carbons (Fsp3) is 0.318. The van der Waals surface area contributed by atoms with Gasteiger partial charge in [-0.05, 0) is 55.2 Å². The molecule has 0 unspecified atom stereocenters. The SMILES string of the molecule is COc1ccc([C@H](C)NC(=O)[C@H](CCSC)N2C(=O)c3ccccc3C2=O)cc1F. The summed E-state index contributed by atoms with van der Waals surface area (Å²) in [4.78, 5) is 39.8. The molecule has 3 amide bonds. The van der Waals surface area contributed by atoms with Gasteiger partial charge in [-0.15, -0.1) is 0 Å². The number of thioether (sulfide) groups is 1.